The Hall–Kier alpha value is -0.770. The zero-order valence-corrected chi connectivity index (χ0v) is 13.2. The molecule has 1 aromatic carbocycles. The van der Waals surface area contributed by atoms with Gasteiger partial charge >= 0.3 is 0 Å². The molecule has 3 nitrogen and oxygen atoms in total. The van der Waals surface area contributed by atoms with Crippen LogP contribution in [0.5, 0.6) is 0 Å². The Labute approximate surface area is 127 Å². The summed E-state index contributed by atoms with van der Waals surface area (Å²) in [4.78, 5) is 2.46. The molecule has 1 aliphatic carbocycles. The molecule has 0 heterocycles. The second-order valence-electron chi connectivity index (χ2n) is 5.38. The summed E-state index contributed by atoms with van der Waals surface area (Å²) in [6.45, 7) is 5.74. The Morgan fingerprint density at radius 2 is 2.20 bits per heavy atom. The van der Waals surface area contributed by atoms with Gasteiger partial charge in [0, 0.05) is 32.8 Å². The summed E-state index contributed by atoms with van der Waals surface area (Å²) in [5.74, 6) is 0. The topological polar surface area (TPSA) is 24.5 Å². The van der Waals surface area contributed by atoms with Crippen LogP contribution in [0.1, 0.15) is 31.7 Å². The molecule has 112 valence electrons. The highest BCUT2D eigenvalue weighted by molar-refractivity contribution is 6.33. The number of halogens is 1. The molecule has 0 atom stereocenters. The van der Waals surface area contributed by atoms with E-state index < -0.39 is 0 Å². The van der Waals surface area contributed by atoms with Gasteiger partial charge in [0.05, 0.1) is 17.3 Å². The summed E-state index contributed by atoms with van der Waals surface area (Å²) in [5.41, 5.74) is 2.42. The maximum Gasteiger partial charge on any atom is 0.0642 e. The van der Waals surface area contributed by atoms with Crippen molar-refractivity contribution in [3.63, 3.8) is 0 Å². The van der Waals surface area contributed by atoms with Gasteiger partial charge in [0.2, 0.25) is 0 Å². The Balaban J connectivity index is 1.97. The highest BCUT2D eigenvalue weighted by Gasteiger charge is 2.29. The van der Waals surface area contributed by atoms with Crippen LogP contribution in [-0.2, 0) is 11.3 Å². The molecule has 0 bridgehead atoms. The molecule has 20 heavy (non-hydrogen) atoms. The van der Waals surface area contributed by atoms with Crippen molar-refractivity contribution in [2.24, 2.45) is 0 Å². The molecule has 4 heteroatoms. The first-order chi connectivity index (χ1) is 9.76. The molecule has 0 aromatic heterocycles. The summed E-state index contributed by atoms with van der Waals surface area (Å²) >= 11 is 6.48. The van der Waals surface area contributed by atoms with Gasteiger partial charge in [-0.3, -0.25) is 0 Å². The van der Waals surface area contributed by atoms with Crippen molar-refractivity contribution in [2.45, 2.75) is 38.8 Å². The van der Waals surface area contributed by atoms with Crippen LogP contribution >= 0.6 is 11.6 Å². The predicted molar refractivity (Wildman–Crippen MR) is 85.7 cm³/mol. The SMILES string of the molecule is CCCN(c1ccc(CNCCOC)cc1Cl)C1CC1. The molecule has 0 saturated heterocycles. The lowest BCUT2D eigenvalue weighted by Crippen LogP contribution is -2.26. The van der Waals surface area contributed by atoms with E-state index in [0.717, 1.165) is 37.7 Å². The Morgan fingerprint density at radius 3 is 2.80 bits per heavy atom. The first kappa shape index (κ1) is 15.6. The molecule has 1 N–H and O–H groups in total. The Kier molecular flexibility index (Phi) is 6.14. The summed E-state index contributed by atoms with van der Waals surface area (Å²) < 4.78 is 5.02. The van der Waals surface area contributed by atoms with Crippen LogP contribution < -0.4 is 10.2 Å². The molecule has 1 aromatic rings. The van der Waals surface area contributed by atoms with E-state index in [9.17, 15) is 0 Å². The second-order valence-corrected chi connectivity index (χ2v) is 5.79. The minimum atomic E-state index is 0.707. The zero-order valence-electron chi connectivity index (χ0n) is 12.5. The minimum absolute atomic E-state index is 0.707. The van der Waals surface area contributed by atoms with Crippen LogP contribution in [0.15, 0.2) is 18.2 Å². The van der Waals surface area contributed by atoms with Crippen molar-refractivity contribution in [3.05, 3.63) is 28.8 Å². The minimum Gasteiger partial charge on any atom is -0.383 e. The normalized spacial score (nSPS) is 14.6. The molecule has 0 amide bonds. The third-order valence-electron chi connectivity index (χ3n) is 3.59. The number of rotatable bonds is 9. The van der Waals surface area contributed by atoms with Crippen LogP contribution in [0.2, 0.25) is 5.02 Å². The van der Waals surface area contributed by atoms with E-state index in [1.54, 1.807) is 7.11 Å². The highest BCUT2D eigenvalue weighted by Crippen LogP contribution is 2.36. The number of methoxy groups -OCH3 is 1. The number of anilines is 1. The van der Waals surface area contributed by atoms with Gasteiger partial charge in [-0.25, -0.2) is 0 Å². The third-order valence-corrected chi connectivity index (χ3v) is 3.89. The summed E-state index contributed by atoms with van der Waals surface area (Å²) in [5, 5.41) is 4.21. The molecule has 0 spiro atoms. The lowest BCUT2D eigenvalue weighted by atomic mass is 10.2. The molecule has 0 radical (unpaired) electrons. The van der Waals surface area contributed by atoms with Crippen molar-refractivity contribution in [1.29, 1.82) is 0 Å². The standard InChI is InChI=1S/C16H25ClN2O/c1-3-9-19(14-5-6-14)16-7-4-13(11-15(16)17)12-18-8-10-20-2/h4,7,11,14,18H,3,5-6,8-10,12H2,1-2H3. The maximum absolute atomic E-state index is 6.48. The van der Waals surface area contributed by atoms with Crippen molar-refractivity contribution in [3.8, 4) is 0 Å². The largest absolute Gasteiger partial charge is 0.383 e. The Bertz CT molecular complexity index is 421. The van der Waals surface area contributed by atoms with Gasteiger partial charge in [0.15, 0.2) is 0 Å². The number of nitrogens with one attached hydrogen (secondary N) is 1. The first-order valence-electron chi connectivity index (χ1n) is 7.51. The second kappa shape index (κ2) is 7.87. The van der Waals surface area contributed by atoms with Gasteiger partial charge in [-0.2, -0.15) is 0 Å². The monoisotopic (exact) mass is 296 g/mol. The van der Waals surface area contributed by atoms with Gasteiger partial charge < -0.3 is 15.0 Å². The number of hydrogen-bond acceptors (Lipinski definition) is 3. The van der Waals surface area contributed by atoms with Gasteiger partial charge in [-0.15, -0.1) is 0 Å². The lowest BCUT2D eigenvalue weighted by Gasteiger charge is -2.25. The van der Waals surface area contributed by atoms with Gasteiger partial charge in [-0.05, 0) is 37.0 Å². The molecule has 1 aliphatic rings. The smallest absolute Gasteiger partial charge is 0.0642 e. The van der Waals surface area contributed by atoms with Crippen molar-refractivity contribution < 1.29 is 4.74 Å². The first-order valence-corrected chi connectivity index (χ1v) is 7.88. The quantitative estimate of drug-likeness (QED) is 0.706. The predicted octanol–water partition coefficient (Wildman–Crippen LogP) is 3.45. The summed E-state index contributed by atoms with van der Waals surface area (Å²) in [6.07, 6.45) is 3.76. The number of ether oxygens (including phenoxy) is 1. The molecule has 1 saturated carbocycles. The van der Waals surface area contributed by atoms with Crippen LogP contribution in [0, 0.1) is 0 Å². The van der Waals surface area contributed by atoms with Gasteiger partial charge in [-0.1, -0.05) is 24.6 Å². The van der Waals surface area contributed by atoms with Crippen LogP contribution in [0.3, 0.4) is 0 Å². The summed E-state index contributed by atoms with van der Waals surface area (Å²) in [7, 11) is 1.72. The fraction of sp³-hybridized carbons (Fsp3) is 0.625. The van der Waals surface area contributed by atoms with E-state index in [2.05, 4.69) is 35.3 Å². The number of hydrogen-bond donors (Lipinski definition) is 1. The zero-order chi connectivity index (χ0) is 14.4. The van der Waals surface area contributed by atoms with Crippen LogP contribution in [0.25, 0.3) is 0 Å². The van der Waals surface area contributed by atoms with E-state index in [-0.39, 0.29) is 0 Å². The van der Waals surface area contributed by atoms with E-state index in [4.69, 9.17) is 16.3 Å². The van der Waals surface area contributed by atoms with Gasteiger partial charge in [0.25, 0.3) is 0 Å². The lowest BCUT2D eigenvalue weighted by molar-refractivity contribution is 0.199. The average Bonchev–Trinajstić information content (AvgIpc) is 3.26. The maximum atomic E-state index is 6.48. The Morgan fingerprint density at radius 1 is 1.40 bits per heavy atom. The third kappa shape index (κ3) is 4.37. The summed E-state index contributed by atoms with van der Waals surface area (Å²) in [6, 6.07) is 7.13. The van der Waals surface area contributed by atoms with Gasteiger partial charge in [0.1, 0.15) is 0 Å². The fourth-order valence-electron chi connectivity index (χ4n) is 2.43. The van der Waals surface area contributed by atoms with E-state index in [1.165, 1.54) is 24.1 Å². The molecule has 0 aliphatic heterocycles. The molecular formula is C16H25ClN2O. The number of nitrogens with zero attached hydrogens (tertiary/aromatic N) is 1. The van der Waals surface area contributed by atoms with E-state index in [0.29, 0.717) is 6.04 Å². The van der Waals surface area contributed by atoms with E-state index in [1.807, 2.05) is 0 Å². The van der Waals surface area contributed by atoms with E-state index >= 15 is 0 Å². The van der Waals surface area contributed by atoms with Crippen molar-refractivity contribution in [1.82, 2.24) is 5.32 Å². The molecule has 0 unspecified atom stereocenters. The van der Waals surface area contributed by atoms with Crippen LogP contribution in [-0.4, -0.2) is 32.8 Å². The van der Waals surface area contributed by atoms with Crippen molar-refractivity contribution >= 4 is 17.3 Å². The average molecular weight is 297 g/mol. The molecule has 2 rings (SSSR count). The molecular weight excluding hydrogens is 272 g/mol. The van der Waals surface area contributed by atoms with Crippen LogP contribution in [0.4, 0.5) is 5.69 Å². The number of benzene rings is 1. The van der Waals surface area contributed by atoms with Crippen molar-refractivity contribution in [2.75, 3.05) is 31.7 Å². The highest BCUT2D eigenvalue weighted by atomic mass is 35.5. The molecule has 1 fully saturated rings. The fourth-order valence-corrected chi connectivity index (χ4v) is 2.74.